The summed E-state index contributed by atoms with van der Waals surface area (Å²) in [5, 5.41) is 3.31. The molecule has 0 amide bonds. The Kier molecular flexibility index (Phi) is 5.62. The highest BCUT2D eigenvalue weighted by Gasteiger charge is 2.11. The number of imidazole rings is 1. The van der Waals surface area contributed by atoms with Crippen LogP contribution in [0.4, 0.5) is 5.95 Å². The lowest BCUT2D eigenvalue weighted by Crippen LogP contribution is -2.38. The van der Waals surface area contributed by atoms with Gasteiger partial charge in [0.2, 0.25) is 5.95 Å². The van der Waals surface area contributed by atoms with Crippen LogP contribution in [0.5, 0.6) is 0 Å². The SMILES string of the molecule is COCCNc1nc(C)cn1CCN1CCOCC1. The van der Waals surface area contributed by atoms with Gasteiger partial charge in [0.1, 0.15) is 0 Å². The Bertz CT molecular complexity index is 375. The van der Waals surface area contributed by atoms with E-state index >= 15 is 0 Å². The first-order chi connectivity index (χ1) is 9.29. The Morgan fingerprint density at radius 3 is 2.89 bits per heavy atom. The van der Waals surface area contributed by atoms with Crippen molar-refractivity contribution in [1.82, 2.24) is 14.5 Å². The number of hydrogen-bond acceptors (Lipinski definition) is 5. The lowest BCUT2D eigenvalue weighted by Gasteiger charge is -2.26. The molecule has 0 atom stereocenters. The molecule has 0 aromatic carbocycles. The number of rotatable bonds is 7. The molecule has 108 valence electrons. The van der Waals surface area contributed by atoms with Crippen LogP contribution in [0.25, 0.3) is 0 Å². The van der Waals surface area contributed by atoms with Gasteiger partial charge in [-0.25, -0.2) is 4.98 Å². The summed E-state index contributed by atoms with van der Waals surface area (Å²) >= 11 is 0. The van der Waals surface area contributed by atoms with E-state index < -0.39 is 0 Å². The van der Waals surface area contributed by atoms with E-state index in [-0.39, 0.29) is 0 Å². The third-order valence-electron chi connectivity index (χ3n) is 3.25. The Morgan fingerprint density at radius 1 is 1.37 bits per heavy atom. The van der Waals surface area contributed by atoms with Crippen LogP contribution >= 0.6 is 0 Å². The summed E-state index contributed by atoms with van der Waals surface area (Å²) < 4.78 is 12.6. The number of nitrogens with one attached hydrogen (secondary N) is 1. The maximum Gasteiger partial charge on any atom is 0.203 e. The molecule has 0 spiro atoms. The molecule has 6 heteroatoms. The summed E-state index contributed by atoms with van der Waals surface area (Å²) in [6.45, 7) is 9.24. The summed E-state index contributed by atoms with van der Waals surface area (Å²) in [6.07, 6.45) is 2.09. The van der Waals surface area contributed by atoms with Gasteiger partial charge in [-0.3, -0.25) is 4.90 Å². The first-order valence-electron chi connectivity index (χ1n) is 6.86. The van der Waals surface area contributed by atoms with E-state index in [0.29, 0.717) is 6.61 Å². The minimum absolute atomic E-state index is 0.690. The minimum Gasteiger partial charge on any atom is -0.383 e. The number of hydrogen-bond donors (Lipinski definition) is 1. The fourth-order valence-corrected chi connectivity index (χ4v) is 2.20. The van der Waals surface area contributed by atoms with Gasteiger partial charge in [-0.2, -0.15) is 0 Å². The summed E-state index contributed by atoms with van der Waals surface area (Å²) in [6, 6.07) is 0. The summed E-state index contributed by atoms with van der Waals surface area (Å²) in [7, 11) is 1.71. The van der Waals surface area contributed by atoms with Gasteiger partial charge in [-0.05, 0) is 6.92 Å². The van der Waals surface area contributed by atoms with Crippen LogP contribution in [-0.2, 0) is 16.0 Å². The largest absolute Gasteiger partial charge is 0.383 e. The monoisotopic (exact) mass is 268 g/mol. The lowest BCUT2D eigenvalue weighted by molar-refractivity contribution is 0.0364. The molecule has 1 aromatic heterocycles. The van der Waals surface area contributed by atoms with Gasteiger partial charge in [-0.15, -0.1) is 0 Å². The van der Waals surface area contributed by atoms with Crippen molar-refractivity contribution in [2.24, 2.45) is 0 Å². The van der Waals surface area contributed by atoms with E-state index in [4.69, 9.17) is 9.47 Å². The molecule has 0 bridgehead atoms. The molecule has 2 rings (SSSR count). The quantitative estimate of drug-likeness (QED) is 0.733. The molecule has 1 saturated heterocycles. The predicted octanol–water partition coefficient (Wildman–Crippen LogP) is 0.582. The van der Waals surface area contributed by atoms with Crippen molar-refractivity contribution in [2.75, 3.05) is 58.4 Å². The van der Waals surface area contributed by atoms with Gasteiger partial charge < -0.3 is 19.4 Å². The van der Waals surface area contributed by atoms with Crippen LogP contribution in [-0.4, -0.2) is 67.6 Å². The highest BCUT2D eigenvalue weighted by Crippen LogP contribution is 2.09. The maximum absolute atomic E-state index is 5.36. The molecular formula is C13H24N4O2. The zero-order chi connectivity index (χ0) is 13.5. The molecule has 1 aliphatic heterocycles. The van der Waals surface area contributed by atoms with Crippen LogP contribution < -0.4 is 5.32 Å². The van der Waals surface area contributed by atoms with Crippen LogP contribution in [0.15, 0.2) is 6.20 Å². The molecule has 0 unspecified atom stereocenters. The molecule has 0 aliphatic carbocycles. The van der Waals surface area contributed by atoms with Crippen LogP contribution in [0.1, 0.15) is 5.69 Å². The van der Waals surface area contributed by atoms with Gasteiger partial charge in [0.05, 0.1) is 25.5 Å². The van der Waals surface area contributed by atoms with Crippen molar-refractivity contribution in [2.45, 2.75) is 13.5 Å². The normalized spacial score (nSPS) is 16.7. The number of ether oxygens (including phenoxy) is 2. The van der Waals surface area contributed by atoms with Gasteiger partial charge >= 0.3 is 0 Å². The third-order valence-corrected chi connectivity index (χ3v) is 3.25. The molecule has 19 heavy (non-hydrogen) atoms. The van der Waals surface area contributed by atoms with E-state index in [1.165, 1.54) is 0 Å². The first-order valence-corrected chi connectivity index (χ1v) is 6.86. The van der Waals surface area contributed by atoms with Crippen LogP contribution in [0.2, 0.25) is 0 Å². The Balaban J connectivity index is 1.83. The van der Waals surface area contributed by atoms with Crippen molar-refractivity contribution >= 4 is 5.95 Å². The predicted molar refractivity (Wildman–Crippen MR) is 74.6 cm³/mol. The summed E-state index contributed by atoms with van der Waals surface area (Å²) in [4.78, 5) is 6.93. The van der Waals surface area contributed by atoms with Crippen molar-refractivity contribution in [3.8, 4) is 0 Å². The standard InChI is InChI=1S/C13H24N4O2/c1-12-11-17(13(15-12)14-3-8-18-2)5-4-16-6-9-19-10-7-16/h11H,3-10H2,1-2H3,(H,14,15). The van der Waals surface area contributed by atoms with E-state index in [2.05, 4.69) is 26.0 Å². The van der Waals surface area contributed by atoms with Crippen LogP contribution in [0, 0.1) is 6.92 Å². The second kappa shape index (κ2) is 7.47. The molecule has 6 nitrogen and oxygen atoms in total. The zero-order valence-corrected chi connectivity index (χ0v) is 11.9. The fourth-order valence-electron chi connectivity index (χ4n) is 2.20. The van der Waals surface area contributed by atoms with Crippen molar-refractivity contribution in [1.29, 1.82) is 0 Å². The highest BCUT2D eigenvalue weighted by molar-refractivity contribution is 5.28. The van der Waals surface area contributed by atoms with E-state index in [0.717, 1.165) is 57.6 Å². The van der Waals surface area contributed by atoms with Crippen molar-refractivity contribution in [3.05, 3.63) is 11.9 Å². The highest BCUT2D eigenvalue weighted by atomic mass is 16.5. The average molecular weight is 268 g/mol. The first kappa shape index (κ1) is 14.3. The third kappa shape index (κ3) is 4.49. The zero-order valence-electron chi connectivity index (χ0n) is 11.9. The van der Waals surface area contributed by atoms with E-state index in [9.17, 15) is 0 Å². The van der Waals surface area contributed by atoms with Gasteiger partial charge in [0, 0.05) is 46.0 Å². The number of nitrogens with zero attached hydrogens (tertiary/aromatic N) is 3. The number of morpholine rings is 1. The molecule has 0 radical (unpaired) electrons. The average Bonchev–Trinajstić information content (AvgIpc) is 2.78. The Labute approximate surface area is 114 Å². The second-order valence-electron chi connectivity index (χ2n) is 4.77. The smallest absolute Gasteiger partial charge is 0.203 e. The molecule has 1 N–H and O–H groups in total. The Morgan fingerprint density at radius 2 is 2.16 bits per heavy atom. The van der Waals surface area contributed by atoms with Gasteiger partial charge in [0.25, 0.3) is 0 Å². The summed E-state index contributed by atoms with van der Waals surface area (Å²) in [5.41, 5.74) is 1.04. The number of aromatic nitrogens is 2. The summed E-state index contributed by atoms with van der Waals surface area (Å²) in [5.74, 6) is 0.933. The second-order valence-corrected chi connectivity index (χ2v) is 4.77. The Hall–Kier alpha value is -1.11. The van der Waals surface area contributed by atoms with Crippen molar-refractivity contribution < 1.29 is 9.47 Å². The number of aryl methyl sites for hydroxylation is 1. The topological polar surface area (TPSA) is 51.5 Å². The van der Waals surface area contributed by atoms with Gasteiger partial charge in [0.15, 0.2) is 0 Å². The van der Waals surface area contributed by atoms with E-state index in [1.807, 2.05) is 6.92 Å². The maximum atomic E-state index is 5.36. The minimum atomic E-state index is 0.690. The molecular weight excluding hydrogens is 244 g/mol. The van der Waals surface area contributed by atoms with Gasteiger partial charge in [-0.1, -0.05) is 0 Å². The molecule has 0 saturated carbocycles. The van der Waals surface area contributed by atoms with Crippen LogP contribution in [0.3, 0.4) is 0 Å². The molecule has 1 fully saturated rings. The molecule has 1 aromatic rings. The molecule has 1 aliphatic rings. The van der Waals surface area contributed by atoms with Crippen molar-refractivity contribution in [3.63, 3.8) is 0 Å². The van der Waals surface area contributed by atoms with E-state index in [1.54, 1.807) is 7.11 Å². The molecule has 2 heterocycles. The fraction of sp³-hybridized carbons (Fsp3) is 0.769. The number of methoxy groups -OCH3 is 1. The lowest BCUT2D eigenvalue weighted by atomic mass is 10.4. The number of anilines is 1.